The summed E-state index contributed by atoms with van der Waals surface area (Å²) in [5, 5.41) is 14.2. The third-order valence-electron chi connectivity index (χ3n) is 3.60. The third kappa shape index (κ3) is 261. The molecule has 0 saturated carbocycles. The van der Waals surface area contributed by atoms with Gasteiger partial charge >= 0.3 is 6.34 Å². The highest BCUT2D eigenvalue weighted by molar-refractivity contribution is 7.07. The lowest BCUT2D eigenvalue weighted by molar-refractivity contribution is -0.0605. The summed E-state index contributed by atoms with van der Waals surface area (Å²) in [5.41, 5.74) is 1.79. The first-order chi connectivity index (χ1) is 40.8. The predicted octanol–water partition coefficient (Wildman–Crippen LogP) is 25.1. The van der Waals surface area contributed by atoms with Crippen LogP contribution in [0.4, 0.5) is 0 Å². The van der Waals surface area contributed by atoms with E-state index in [1.165, 1.54) is 43.1 Å². The van der Waals surface area contributed by atoms with Crippen molar-refractivity contribution < 1.29 is 22.7 Å². The second-order valence-corrected chi connectivity index (χ2v) is 20.8. The lowest BCUT2D eigenvalue weighted by Gasteiger charge is -1.91. The SMILES string of the molecule is C1=NC=[N+]=N1.C1=NCN=C1.CC.CC.CC.CC.CC.CC.CC.CC(C)C.CC(C)C.CC(C)C.CC(C)C.CC(C)C.CC(C)C.CC(C)C.Cc1noc(C(C)C)n1.c1ccoc1.c1cnoc1.c1cnsc1.c1cocn1.c1cscn1. The van der Waals surface area contributed by atoms with Crippen molar-refractivity contribution in [2.24, 2.45) is 61.5 Å². The Morgan fingerprint density at radius 3 is 1.00 bits per heavy atom. The van der Waals surface area contributed by atoms with E-state index in [1.54, 1.807) is 72.7 Å². The molecule has 2 aliphatic heterocycles. The molecular weight excluding hydrogens is 1110 g/mol. The number of hydrogen-bond acceptors (Lipinski definition) is 16. The zero-order chi connectivity index (χ0) is 70.6. The fourth-order valence-electron chi connectivity index (χ4n) is 1.86. The van der Waals surface area contributed by atoms with Crippen molar-refractivity contribution in [1.29, 1.82) is 0 Å². The lowest BCUT2D eigenvalue weighted by Crippen LogP contribution is -1.85. The second kappa shape index (κ2) is 125. The molecule has 8 rings (SSSR count). The minimum atomic E-state index is 0.339. The average molecular weight is 1260 g/mol. The fraction of sp³-hybridized carbons (Fsp3) is 0.681. The Bertz CT molecular complexity index is 1480. The van der Waals surface area contributed by atoms with Crippen molar-refractivity contribution in [2.75, 3.05) is 6.67 Å². The van der Waals surface area contributed by atoms with Gasteiger partial charge < -0.3 is 17.9 Å². The largest absolute Gasteiger partial charge is 0.473 e. The minimum Gasteiger partial charge on any atom is -0.473 e. The van der Waals surface area contributed by atoms with E-state index in [0.717, 1.165) is 41.4 Å². The van der Waals surface area contributed by atoms with E-state index in [9.17, 15) is 0 Å². The van der Waals surface area contributed by atoms with Gasteiger partial charge in [0.15, 0.2) is 12.2 Å². The Morgan fingerprint density at radius 1 is 0.465 bits per heavy atom. The Balaban J connectivity index is -0.0000000533. The molecule has 0 aromatic carbocycles. The van der Waals surface area contributed by atoms with Gasteiger partial charge in [-0.05, 0) is 89.1 Å². The van der Waals surface area contributed by atoms with E-state index in [0.29, 0.717) is 24.3 Å². The minimum absolute atomic E-state index is 0.339. The molecule has 0 unspecified atom stereocenters. The molecule has 0 atom stereocenters. The van der Waals surface area contributed by atoms with Crippen LogP contribution in [0.2, 0.25) is 0 Å². The quantitative estimate of drug-likeness (QED) is 0.143. The molecule has 6 aromatic rings. The summed E-state index contributed by atoms with van der Waals surface area (Å²) in [7, 11) is 0. The summed E-state index contributed by atoms with van der Waals surface area (Å²) >= 11 is 3.06. The molecule has 0 aliphatic carbocycles. The van der Waals surface area contributed by atoms with Crippen LogP contribution in [-0.2, 0) is 0 Å². The fourth-order valence-corrected chi connectivity index (χ4v) is 2.56. The first-order valence-corrected chi connectivity index (χ1v) is 33.4. The normalized spacial score (nSPS) is 8.72. The number of hydrogen-bond donors (Lipinski definition) is 0. The third-order valence-corrected chi connectivity index (χ3v) is 4.64. The van der Waals surface area contributed by atoms with Crippen LogP contribution in [0.15, 0.2) is 135 Å². The first-order valence-electron chi connectivity index (χ1n) is 31.6. The first kappa shape index (κ1) is 115. The van der Waals surface area contributed by atoms with Gasteiger partial charge in [-0.25, -0.2) is 9.36 Å². The van der Waals surface area contributed by atoms with Crippen LogP contribution in [0, 0.1) is 48.3 Å². The van der Waals surface area contributed by atoms with Gasteiger partial charge in [0.1, 0.15) is 19.2 Å². The van der Waals surface area contributed by atoms with Gasteiger partial charge in [0.25, 0.3) is 6.34 Å². The van der Waals surface area contributed by atoms with Crippen LogP contribution in [0.5, 0.6) is 0 Å². The zero-order valence-corrected chi connectivity index (χ0v) is 64.9. The average Bonchev–Trinajstić information content (AvgIpc) is 4.32. The van der Waals surface area contributed by atoms with Gasteiger partial charge in [-0.1, -0.05) is 271 Å². The van der Waals surface area contributed by atoms with Crippen molar-refractivity contribution >= 4 is 48.0 Å². The Labute approximate surface area is 543 Å². The monoisotopic (exact) mass is 1260 g/mol. The Morgan fingerprint density at radius 2 is 0.895 bits per heavy atom. The summed E-state index contributed by atoms with van der Waals surface area (Å²) in [6, 6.07) is 7.30. The van der Waals surface area contributed by atoms with Crippen molar-refractivity contribution in [2.45, 2.75) is 269 Å². The summed E-state index contributed by atoms with van der Waals surface area (Å²) in [6.07, 6.45) is 20.5. The van der Waals surface area contributed by atoms with Gasteiger partial charge in [-0.15, -0.1) is 11.3 Å². The van der Waals surface area contributed by atoms with Crippen LogP contribution in [-0.4, -0.2) is 66.2 Å². The maximum atomic E-state index is 4.86. The number of aromatic nitrogens is 6. The van der Waals surface area contributed by atoms with Crippen LogP contribution < -0.4 is 0 Å². The Hall–Kier alpha value is -5.51. The smallest absolute Gasteiger partial charge is 0.412 e. The van der Waals surface area contributed by atoms with Crippen molar-refractivity contribution in [1.82, 2.24) is 29.6 Å². The van der Waals surface area contributed by atoms with Crippen molar-refractivity contribution in [3.8, 4) is 0 Å². The van der Waals surface area contributed by atoms with Crippen LogP contribution >= 0.6 is 22.9 Å². The highest BCUT2D eigenvalue weighted by Crippen LogP contribution is 2.09. The van der Waals surface area contributed by atoms with Crippen LogP contribution in [0.25, 0.3) is 0 Å². The van der Waals surface area contributed by atoms with E-state index >= 15 is 0 Å². The number of oxazole rings is 1. The molecule has 6 aromatic heterocycles. The molecule has 0 amide bonds. The van der Waals surface area contributed by atoms with Crippen molar-refractivity contribution in [3.63, 3.8) is 0 Å². The summed E-state index contributed by atoms with van der Waals surface area (Å²) in [6.45, 7) is 80.0. The molecular formula is C69H144N11O4S2+. The number of aliphatic imine (C=N–C) groups is 3. The molecule has 15 nitrogen and oxygen atoms in total. The van der Waals surface area contributed by atoms with Gasteiger partial charge in [-0.2, -0.15) is 4.98 Å². The van der Waals surface area contributed by atoms with Gasteiger partial charge in [-0.3, -0.25) is 15.0 Å². The van der Waals surface area contributed by atoms with Gasteiger partial charge in [0.2, 0.25) is 5.89 Å². The van der Waals surface area contributed by atoms with E-state index in [1.807, 2.05) is 147 Å². The number of nitrogens with zero attached hydrogens (tertiary/aromatic N) is 11. The number of furan rings is 1. The molecule has 0 saturated heterocycles. The number of aryl methyl sites for hydroxylation is 1. The molecule has 510 valence electrons. The Kier molecular flexibility index (Phi) is 168. The summed E-state index contributed by atoms with van der Waals surface area (Å²) in [4.78, 5) is 25.7. The zero-order valence-electron chi connectivity index (χ0n) is 63.2. The molecule has 86 heavy (non-hydrogen) atoms. The molecule has 0 N–H and O–H groups in total. The van der Waals surface area contributed by atoms with Crippen LogP contribution in [0.1, 0.15) is 274 Å². The topological polar surface area (TPSA) is 193 Å². The van der Waals surface area contributed by atoms with E-state index in [4.69, 9.17) is 4.52 Å². The molecule has 0 spiro atoms. The lowest BCUT2D eigenvalue weighted by atomic mass is 10.2. The van der Waals surface area contributed by atoms with Crippen LogP contribution in [0.3, 0.4) is 0 Å². The molecule has 0 fully saturated rings. The highest BCUT2D eigenvalue weighted by atomic mass is 32.1. The molecule has 0 radical (unpaired) electrons. The van der Waals surface area contributed by atoms with E-state index in [-0.39, 0.29) is 0 Å². The standard InChI is InChI=1S/C6H10N2O.C4H4O.7C4H10.C3H4N2.2C3H3NO.2C3H3NS.C2H2N3.7C2H6/c1-4(2)6-7-5(3)8-9-6;1-2-4-5-3-1;7*1-4(2)3;2*1-2-5-3-4-1;1-2-4-5-3-1;1-2-5-3-4-1;1-2-4-5-3-1;1-3-2-5-4-1;7*1-2/h4H,1-3H3;1-4H;7*4H,1-3H3;1-2H,3H2;4*1-3H;1-2H;7*1-2H3/q;;;;;;;;;;;;;;+1;;;;;;;. The van der Waals surface area contributed by atoms with E-state index in [2.05, 4.69) is 213 Å². The number of rotatable bonds is 1. The summed E-state index contributed by atoms with van der Waals surface area (Å²) in [5.74, 6) is 7.59. The van der Waals surface area contributed by atoms with Gasteiger partial charge in [0, 0.05) is 41.5 Å². The number of thiazole rings is 1. The van der Waals surface area contributed by atoms with E-state index < -0.39 is 0 Å². The summed E-state index contributed by atoms with van der Waals surface area (Å²) < 4.78 is 22.0. The van der Waals surface area contributed by atoms with Gasteiger partial charge in [0.05, 0.1) is 35.5 Å². The molecule has 2 aliphatic rings. The highest BCUT2D eigenvalue weighted by Gasteiger charge is 2.05. The maximum absolute atomic E-state index is 4.86. The molecule has 17 heteroatoms. The van der Waals surface area contributed by atoms with Crippen molar-refractivity contribution in [3.05, 3.63) is 108 Å². The molecule has 0 bridgehead atoms. The molecule has 8 heterocycles. The predicted molar refractivity (Wildman–Crippen MR) is 391 cm³/mol. The second-order valence-electron chi connectivity index (χ2n) is 19.4. The maximum Gasteiger partial charge on any atom is 0.412 e.